The molecule has 1 unspecified atom stereocenters. The minimum atomic E-state index is -0.717. The fourth-order valence-corrected chi connectivity index (χ4v) is 1.45. The Kier molecular flexibility index (Phi) is 5.03. The second kappa shape index (κ2) is 6.30. The van der Waals surface area contributed by atoms with Gasteiger partial charge in [0.25, 0.3) is 5.91 Å². The van der Waals surface area contributed by atoms with E-state index in [9.17, 15) is 13.6 Å². The van der Waals surface area contributed by atoms with Crippen LogP contribution in [0.25, 0.3) is 0 Å². The van der Waals surface area contributed by atoms with E-state index in [1.807, 2.05) is 14.0 Å². The SMILES string of the molecule is CNCC(C)CNC(=O)c1cc(F)ccc1F. The molecule has 5 heteroatoms. The molecule has 0 bridgehead atoms. The van der Waals surface area contributed by atoms with Crippen LogP contribution >= 0.6 is 0 Å². The summed E-state index contributed by atoms with van der Waals surface area (Å²) in [6.07, 6.45) is 0. The van der Waals surface area contributed by atoms with E-state index >= 15 is 0 Å². The number of hydrogen-bond donors (Lipinski definition) is 2. The summed E-state index contributed by atoms with van der Waals surface area (Å²) in [7, 11) is 1.81. The summed E-state index contributed by atoms with van der Waals surface area (Å²) in [5, 5.41) is 5.53. The van der Waals surface area contributed by atoms with E-state index in [4.69, 9.17) is 0 Å². The van der Waals surface area contributed by atoms with E-state index in [0.29, 0.717) is 6.54 Å². The molecule has 17 heavy (non-hydrogen) atoms. The van der Waals surface area contributed by atoms with Crippen molar-refractivity contribution in [2.75, 3.05) is 20.1 Å². The Labute approximate surface area is 99.2 Å². The first-order valence-corrected chi connectivity index (χ1v) is 5.42. The van der Waals surface area contributed by atoms with Crippen LogP contribution in [-0.4, -0.2) is 26.0 Å². The highest BCUT2D eigenvalue weighted by Gasteiger charge is 2.13. The highest BCUT2D eigenvalue weighted by molar-refractivity contribution is 5.94. The third-order valence-electron chi connectivity index (χ3n) is 2.34. The first kappa shape index (κ1) is 13.6. The van der Waals surface area contributed by atoms with Crippen molar-refractivity contribution in [3.63, 3.8) is 0 Å². The Morgan fingerprint density at radius 2 is 2.06 bits per heavy atom. The van der Waals surface area contributed by atoms with Gasteiger partial charge in [-0.2, -0.15) is 0 Å². The Bertz CT molecular complexity index is 396. The predicted molar refractivity (Wildman–Crippen MR) is 61.8 cm³/mol. The third kappa shape index (κ3) is 4.11. The van der Waals surface area contributed by atoms with Crippen molar-refractivity contribution < 1.29 is 13.6 Å². The molecule has 0 saturated heterocycles. The normalized spacial score (nSPS) is 12.2. The molecule has 1 atom stereocenters. The minimum Gasteiger partial charge on any atom is -0.352 e. The molecular formula is C12H16F2N2O. The molecule has 0 aliphatic rings. The van der Waals surface area contributed by atoms with Crippen LogP contribution in [-0.2, 0) is 0 Å². The lowest BCUT2D eigenvalue weighted by Crippen LogP contribution is -2.32. The summed E-state index contributed by atoms with van der Waals surface area (Å²) in [5.41, 5.74) is -0.262. The van der Waals surface area contributed by atoms with Gasteiger partial charge in [-0.1, -0.05) is 6.92 Å². The Morgan fingerprint density at radius 1 is 1.35 bits per heavy atom. The molecule has 1 aromatic rings. The number of carbonyl (C=O) groups is 1. The van der Waals surface area contributed by atoms with Crippen molar-refractivity contribution in [3.05, 3.63) is 35.4 Å². The van der Waals surface area contributed by atoms with Crippen LogP contribution in [0, 0.1) is 17.6 Å². The number of amides is 1. The van der Waals surface area contributed by atoms with E-state index < -0.39 is 17.5 Å². The van der Waals surface area contributed by atoms with Crippen LogP contribution in [0.15, 0.2) is 18.2 Å². The molecule has 0 radical (unpaired) electrons. The Balaban J connectivity index is 2.61. The summed E-state index contributed by atoms with van der Waals surface area (Å²) in [4.78, 5) is 11.6. The van der Waals surface area contributed by atoms with Gasteiger partial charge in [0.2, 0.25) is 0 Å². The van der Waals surface area contributed by atoms with Crippen molar-refractivity contribution >= 4 is 5.91 Å². The van der Waals surface area contributed by atoms with Crippen molar-refractivity contribution in [1.82, 2.24) is 10.6 Å². The average Bonchev–Trinajstić information content (AvgIpc) is 2.29. The van der Waals surface area contributed by atoms with E-state index in [2.05, 4.69) is 10.6 Å². The monoisotopic (exact) mass is 242 g/mol. The third-order valence-corrected chi connectivity index (χ3v) is 2.34. The molecular weight excluding hydrogens is 226 g/mol. The zero-order valence-electron chi connectivity index (χ0n) is 9.89. The van der Waals surface area contributed by atoms with Gasteiger partial charge < -0.3 is 10.6 Å². The smallest absolute Gasteiger partial charge is 0.254 e. The number of hydrogen-bond acceptors (Lipinski definition) is 2. The zero-order chi connectivity index (χ0) is 12.8. The maximum absolute atomic E-state index is 13.3. The molecule has 3 nitrogen and oxygen atoms in total. The molecule has 1 aromatic carbocycles. The highest BCUT2D eigenvalue weighted by Crippen LogP contribution is 2.09. The molecule has 2 N–H and O–H groups in total. The molecule has 0 fully saturated rings. The van der Waals surface area contributed by atoms with Crippen LogP contribution in [0.3, 0.4) is 0 Å². The van der Waals surface area contributed by atoms with Gasteiger partial charge in [-0.3, -0.25) is 4.79 Å². The minimum absolute atomic E-state index is 0.223. The van der Waals surface area contributed by atoms with E-state index in [-0.39, 0.29) is 11.5 Å². The fraction of sp³-hybridized carbons (Fsp3) is 0.417. The predicted octanol–water partition coefficient (Wildman–Crippen LogP) is 1.55. The van der Waals surface area contributed by atoms with Crippen molar-refractivity contribution in [3.8, 4) is 0 Å². The topological polar surface area (TPSA) is 41.1 Å². The van der Waals surface area contributed by atoms with Crippen molar-refractivity contribution in [2.24, 2.45) is 5.92 Å². The maximum Gasteiger partial charge on any atom is 0.254 e. The second-order valence-corrected chi connectivity index (χ2v) is 4.00. The Morgan fingerprint density at radius 3 is 2.71 bits per heavy atom. The maximum atomic E-state index is 13.3. The van der Waals surface area contributed by atoms with Gasteiger partial charge in [-0.15, -0.1) is 0 Å². The number of carbonyl (C=O) groups excluding carboxylic acids is 1. The van der Waals surface area contributed by atoms with Gasteiger partial charge in [0.05, 0.1) is 5.56 Å². The summed E-state index contributed by atoms with van der Waals surface area (Å²) in [6, 6.07) is 2.82. The molecule has 94 valence electrons. The molecule has 1 amide bonds. The van der Waals surface area contributed by atoms with Gasteiger partial charge in [-0.25, -0.2) is 8.78 Å². The van der Waals surface area contributed by atoms with E-state index in [0.717, 1.165) is 24.7 Å². The van der Waals surface area contributed by atoms with Crippen LogP contribution < -0.4 is 10.6 Å². The number of nitrogens with one attached hydrogen (secondary N) is 2. The lowest BCUT2D eigenvalue weighted by atomic mass is 10.1. The lowest BCUT2D eigenvalue weighted by Gasteiger charge is -2.12. The first-order chi connectivity index (χ1) is 8.04. The molecule has 0 aromatic heterocycles. The summed E-state index contributed by atoms with van der Waals surface area (Å²) >= 11 is 0. The zero-order valence-corrected chi connectivity index (χ0v) is 9.89. The number of rotatable bonds is 5. The summed E-state index contributed by atoms with van der Waals surface area (Å²) in [5.74, 6) is -1.71. The van der Waals surface area contributed by atoms with Crippen molar-refractivity contribution in [1.29, 1.82) is 0 Å². The van der Waals surface area contributed by atoms with Gasteiger partial charge in [0.15, 0.2) is 0 Å². The first-order valence-electron chi connectivity index (χ1n) is 5.42. The van der Waals surface area contributed by atoms with Crippen LogP contribution in [0.5, 0.6) is 0 Å². The molecule has 0 aliphatic heterocycles. The summed E-state index contributed by atoms with van der Waals surface area (Å²) in [6.45, 7) is 3.10. The van der Waals surface area contributed by atoms with Gasteiger partial charge in [0.1, 0.15) is 11.6 Å². The standard InChI is InChI=1S/C12H16F2N2O/c1-8(6-15-2)7-16-12(17)10-5-9(13)3-4-11(10)14/h3-5,8,15H,6-7H2,1-2H3,(H,16,17). The lowest BCUT2D eigenvalue weighted by molar-refractivity contribution is 0.0943. The van der Waals surface area contributed by atoms with Crippen LogP contribution in [0.4, 0.5) is 8.78 Å². The number of benzene rings is 1. The van der Waals surface area contributed by atoms with E-state index in [1.165, 1.54) is 0 Å². The molecule has 0 spiro atoms. The van der Waals surface area contributed by atoms with Crippen molar-refractivity contribution in [2.45, 2.75) is 6.92 Å². The van der Waals surface area contributed by atoms with Gasteiger partial charge >= 0.3 is 0 Å². The van der Waals surface area contributed by atoms with Crippen LogP contribution in [0.2, 0.25) is 0 Å². The fourth-order valence-electron chi connectivity index (χ4n) is 1.45. The molecule has 0 aliphatic carbocycles. The highest BCUT2D eigenvalue weighted by atomic mass is 19.1. The quantitative estimate of drug-likeness (QED) is 0.822. The van der Waals surface area contributed by atoms with Crippen LogP contribution in [0.1, 0.15) is 17.3 Å². The van der Waals surface area contributed by atoms with Gasteiger partial charge in [0, 0.05) is 6.54 Å². The second-order valence-electron chi connectivity index (χ2n) is 4.00. The Hall–Kier alpha value is -1.49. The van der Waals surface area contributed by atoms with E-state index in [1.54, 1.807) is 0 Å². The summed E-state index contributed by atoms with van der Waals surface area (Å²) < 4.78 is 26.1. The molecule has 1 rings (SSSR count). The van der Waals surface area contributed by atoms with Gasteiger partial charge in [-0.05, 0) is 37.7 Å². The number of halogens is 2. The molecule has 0 heterocycles. The molecule has 0 saturated carbocycles. The largest absolute Gasteiger partial charge is 0.352 e. The average molecular weight is 242 g/mol.